The van der Waals surface area contributed by atoms with Gasteiger partial charge in [-0.05, 0) is 41.5 Å². The second-order valence-electron chi connectivity index (χ2n) is 5.27. The summed E-state index contributed by atoms with van der Waals surface area (Å²) in [5.41, 5.74) is 0.640. The molecule has 0 aliphatic carbocycles. The zero-order chi connectivity index (χ0) is 16.8. The number of fused-ring (bicyclic) bond motifs is 3. The molecule has 4 rings (SSSR count). The van der Waals surface area contributed by atoms with Crippen LogP contribution in [0.1, 0.15) is 0 Å². The zero-order valence-electron chi connectivity index (χ0n) is 13.5. The van der Waals surface area contributed by atoms with Crippen molar-refractivity contribution in [3.8, 4) is 11.4 Å². The number of aromatic amines is 1. The molecule has 0 unspecified atom stereocenters. The van der Waals surface area contributed by atoms with Gasteiger partial charge in [-0.15, -0.1) is 0 Å². The maximum Gasteiger partial charge on any atom is 1.00 e. The molecule has 0 atom stereocenters. The van der Waals surface area contributed by atoms with Crippen LogP contribution in [-0.2, 0) is 0 Å². The van der Waals surface area contributed by atoms with E-state index in [2.05, 4.69) is 9.97 Å². The summed E-state index contributed by atoms with van der Waals surface area (Å²) in [6.45, 7) is 0. The Morgan fingerprint density at radius 1 is 1.12 bits per heavy atom. The van der Waals surface area contributed by atoms with Crippen LogP contribution < -0.4 is 72.4 Å². The Morgan fingerprint density at radius 2 is 1.84 bits per heavy atom. The molecule has 2 aromatic heterocycles. The maximum absolute atomic E-state index is 12.8. The Hall–Kier alpha value is -1.35. The van der Waals surface area contributed by atoms with Gasteiger partial charge in [-0.2, -0.15) is 0 Å². The van der Waals surface area contributed by atoms with Crippen molar-refractivity contribution in [3.05, 3.63) is 68.3 Å². The number of H-pyrrole nitrogens is 1. The SMILES string of the molecule is COc1ccc2[nH]c3c(=O)n(-c4ccc(Cl)cc4)c(=O)[n-]c3c2c1.[K+]. The Balaban J connectivity index is 0.00000182. The van der Waals surface area contributed by atoms with E-state index in [-0.39, 0.29) is 56.9 Å². The van der Waals surface area contributed by atoms with E-state index in [1.54, 1.807) is 49.6 Å². The zero-order valence-corrected chi connectivity index (χ0v) is 17.4. The summed E-state index contributed by atoms with van der Waals surface area (Å²) in [5.74, 6) is 0.625. The Labute approximate surface area is 189 Å². The number of methoxy groups -OCH3 is 1. The molecule has 0 amide bonds. The topological polar surface area (TPSA) is 78.2 Å². The molecule has 0 bridgehead atoms. The van der Waals surface area contributed by atoms with Gasteiger partial charge in [0, 0.05) is 15.9 Å². The Kier molecular flexibility index (Phi) is 5.24. The van der Waals surface area contributed by atoms with Crippen molar-refractivity contribution in [1.29, 1.82) is 0 Å². The maximum atomic E-state index is 12.8. The molecule has 0 aliphatic heterocycles. The largest absolute Gasteiger partial charge is 1.00 e. The van der Waals surface area contributed by atoms with E-state index < -0.39 is 11.2 Å². The summed E-state index contributed by atoms with van der Waals surface area (Å²) in [6, 6.07) is 11.7. The van der Waals surface area contributed by atoms with E-state index in [9.17, 15) is 9.59 Å². The first-order chi connectivity index (χ1) is 11.6. The number of hydrogen-bond acceptors (Lipinski definition) is 3. The van der Waals surface area contributed by atoms with E-state index in [0.717, 1.165) is 4.57 Å². The summed E-state index contributed by atoms with van der Waals surface area (Å²) in [4.78, 5) is 32.3. The first-order valence-corrected chi connectivity index (χ1v) is 7.52. The van der Waals surface area contributed by atoms with Crippen molar-refractivity contribution in [2.45, 2.75) is 0 Å². The molecule has 0 spiro atoms. The van der Waals surface area contributed by atoms with Crippen molar-refractivity contribution >= 4 is 33.5 Å². The van der Waals surface area contributed by atoms with Crippen LogP contribution in [0.5, 0.6) is 5.75 Å². The van der Waals surface area contributed by atoms with E-state index in [1.165, 1.54) is 0 Å². The van der Waals surface area contributed by atoms with Crippen LogP contribution in [0, 0.1) is 0 Å². The van der Waals surface area contributed by atoms with E-state index >= 15 is 0 Å². The smallest absolute Gasteiger partial charge is 0.497 e. The van der Waals surface area contributed by atoms with Gasteiger partial charge < -0.3 is 19.3 Å². The van der Waals surface area contributed by atoms with Crippen LogP contribution in [-0.4, -0.2) is 16.7 Å². The minimum atomic E-state index is -0.640. The van der Waals surface area contributed by atoms with Gasteiger partial charge >= 0.3 is 51.4 Å². The number of hydrogen-bond donors (Lipinski definition) is 1. The first-order valence-electron chi connectivity index (χ1n) is 7.14. The van der Waals surface area contributed by atoms with Gasteiger partial charge in [0.2, 0.25) is 5.56 Å². The van der Waals surface area contributed by atoms with Crippen molar-refractivity contribution in [2.75, 3.05) is 7.11 Å². The average Bonchev–Trinajstić information content (AvgIpc) is 2.94. The normalized spacial score (nSPS) is 10.8. The average molecular weight is 380 g/mol. The van der Waals surface area contributed by atoms with Crippen LogP contribution >= 0.6 is 11.6 Å². The summed E-state index contributed by atoms with van der Waals surface area (Å²) in [5, 5.41) is 1.19. The number of benzene rings is 2. The number of ether oxygens (including phenoxy) is 1. The van der Waals surface area contributed by atoms with Gasteiger partial charge in [0.05, 0.1) is 12.6 Å². The van der Waals surface area contributed by atoms with Gasteiger partial charge in [0.15, 0.2) is 5.69 Å². The van der Waals surface area contributed by atoms with Crippen LogP contribution in [0.15, 0.2) is 52.1 Å². The van der Waals surface area contributed by atoms with Gasteiger partial charge in [-0.3, -0.25) is 9.59 Å². The van der Waals surface area contributed by atoms with Crippen LogP contribution in [0.3, 0.4) is 0 Å². The molecule has 6 nitrogen and oxygen atoms in total. The molecular formula is C17H11ClKN3O3. The Bertz CT molecular complexity index is 1190. The second-order valence-corrected chi connectivity index (χ2v) is 5.71. The molecule has 25 heavy (non-hydrogen) atoms. The minimum absolute atomic E-state index is 0. The van der Waals surface area contributed by atoms with E-state index in [0.29, 0.717) is 32.9 Å². The molecule has 0 saturated carbocycles. The van der Waals surface area contributed by atoms with Crippen LogP contribution in [0.4, 0.5) is 0 Å². The molecule has 2 heterocycles. The molecule has 0 saturated heterocycles. The van der Waals surface area contributed by atoms with Crippen molar-refractivity contribution in [3.63, 3.8) is 0 Å². The summed E-state index contributed by atoms with van der Waals surface area (Å²) in [6.07, 6.45) is 0. The number of nitrogens with zero attached hydrogens (tertiary/aromatic N) is 2. The fraction of sp³-hybridized carbons (Fsp3) is 0.0588. The molecule has 1 N–H and O–H groups in total. The summed E-state index contributed by atoms with van der Waals surface area (Å²) < 4.78 is 6.21. The van der Waals surface area contributed by atoms with Crippen molar-refractivity contribution in [2.24, 2.45) is 0 Å². The summed E-state index contributed by atoms with van der Waals surface area (Å²) >= 11 is 5.86. The molecule has 0 radical (unpaired) electrons. The molecule has 4 aromatic rings. The fourth-order valence-electron chi connectivity index (χ4n) is 2.72. The number of halogens is 1. The van der Waals surface area contributed by atoms with Crippen LogP contribution in [0.25, 0.3) is 27.6 Å². The predicted octanol–water partition coefficient (Wildman–Crippen LogP) is -0.545. The van der Waals surface area contributed by atoms with Gasteiger partial charge in [-0.1, -0.05) is 23.7 Å². The van der Waals surface area contributed by atoms with E-state index in [4.69, 9.17) is 16.3 Å². The first kappa shape index (κ1) is 18.4. The van der Waals surface area contributed by atoms with Crippen LogP contribution in [0.2, 0.25) is 5.02 Å². The van der Waals surface area contributed by atoms with E-state index in [1.807, 2.05) is 0 Å². The fourth-order valence-corrected chi connectivity index (χ4v) is 2.84. The standard InChI is InChI=1S/C17H12ClN3O3.K/c1-24-11-6-7-13-12(8-11)14-15(19-13)16(22)21(17(23)20-14)10-4-2-9(18)3-5-10;/h2-8H,1H3,(H2,19,20,22,23);/q;+1/p-1. The van der Waals surface area contributed by atoms with Crippen molar-refractivity contribution < 1.29 is 56.1 Å². The molecule has 120 valence electrons. The summed E-state index contributed by atoms with van der Waals surface area (Å²) in [7, 11) is 1.55. The number of aromatic nitrogens is 3. The molecule has 0 fully saturated rings. The monoisotopic (exact) mass is 379 g/mol. The van der Waals surface area contributed by atoms with Gasteiger partial charge in [-0.25, -0.2) is 0 Å². The Morgan fingerprint density at radius 3 is 2.52 bits per heavy atom. The van der Waals surface area contributed by atoms with Crippen molar-refractivity contribution in [1.82, 2.24) is 14.5 Å². The third kappa shape index (κ3) is 3.12. The molecular weight excluding hydrogens is 369 g/mol. The molecule has 2 aromatic carbocycles. The van der Waals surface area contributed by atoms with Gasteiger partial charge in [0.1, 0.15) is 5.75 Å². The molecule has 0 aliphatic rings. The minimum Gasteiger partial charge on any atom is -0.497 e. The third-order valence-electron chi connectivity index (χ3n) is 3.88. The second kappa shape index (κ2) is 7.10. The third-order valence-corrected chi connectivity index (χ3v) is 4.13. The number of nitrogens with one attached hydrogen (secondary N) is 1. The predicted molar refractivity (Wildman–Crippen MR) is 92.6 cm³/mol. The van der Waals surface area contributed by atoms with Gasteiger partial charge in [0.25, 0.3) is 0 Å². The quantitative estimate of drug-likeness (QED) is 0.474. The number of rotatable bonds is 2. The molecule has 8 heteroatoms.